The van der Waals surface area contributed by atoms with Crippen molar-refractivity contribution in [1.29, 1.82) is 0 Å². The van der Waals surface area contributed by atoms with Crippen LogP contribution in [-0.4, -0.2) is 0 Å². The summed E-state index contributed by atoms with van der Waals surface area (Å²) in [6.07, 6.45) is 2.22. The molecule has 4 aromatic rings. The van der Waals surface area contributed by atoms with Crippen molar-refractivity contribution in [2.45, 2.75) is 19.8 Å². The fraction of sp³-hybridized carbons (Fsp3) is 0.130. The van der Waals surface area contributed by atoms with E-state index < -0.39 is 0 Å². The highest BCUT2D eigenvalue weighted by Gasteiger charge is 2.11. The molecule has 0 radical (unpaired) electrons. The molecule has 3 heteroatoms. The molecule has 0 bridgehead atoms. The molecule has 0 aliphatic heterocycles. The summed E-state index contributed by atoms with van der Waals surface area (Å²) in [6.45, 7) is 2.18. The van der Waals surface area contributed by atoms with Crippen LogP contribution < -0.4 is 16.2 Å². The Kier molecular flexibility index (Phi) is 4.13. The zero-order valence-corrected chi connectivity index (χ0v) is 14.8. The molecule has 0 aliphatic rings. The molecule has 0 unspecified atom stereocenters. The van der Waals surface area contributed by atoms with Gasteiger partial charge in [-0.25, -0.2) is 0 Å². The highest BCUT2D eigenvalue weighted by molar-refractivity contribution is 6.07. The Hall–Kier alpha value is -3.20. The van der Waals surface area contributed by atoms with Gasteiger partial charge in [-0.05, 0) is 77.4 Å². The van der Waals surface area contributed by atoms with Crippen molar-refractivity contribution < 1.29 is 4.74 Å². The molecule has 26 heavy (non-hydrogen) atoms. The van der Waals surface area contributed by atoms with E-state index in [4.69, 9.17) is 16.2 Å². The molecule has 0 spiro atoms. The maximum absolute atomic E-state index is 6.34. The summed E-state index contributed by atoms with van der Waals surface area (Å²) < 4.78 is 6.34. The Morgan fingerprint density at radius 1 is 0.731 bits per heavy atom. The quantitative estimate of drug-likeness (QED) is 0.358. The van der Waals surface area contributed by atoms with Crippen LogP contribution in [0.15, 0.2) is 66.7 Å². The fourth-order valence-electron chi connectivity index (χ4n) is 3.37. The molecule has 0 fully saturated rings. The third-order valence-electron chi connectivity index (χ3n) is 4.63. The first kappa shape index (κ1) is 16.3. The number of hydrogen-bond donors (Lipinski definition) is 2. The molecule has 0 amide bonds. The summed E-state index contributed by atoms with van der Waals surface area (Å²) in [6, 6.07) is 22.2. The van der Waals surface area contributed by atoms with Gasteiger partial charge in [-0.2, -0.15) is 0 Å². The lowest BCUT2D eigenvalue weighted by molar-refractivity contribution is 0.493. The molecule has 0 saturated heterocycles. The Balaban J connectivity index is 1.87. The lowest BCUT2D eigenvalue weighted by atomic mass is 10.0. The molecule has 3 nitrogen and oxygen atoms in total. The molecular formula is C23H22N2O. The van der Waals surface area contributed by atoms with E-state index in [1.807, 2.05) is 48.5 Å². The van der Waals surface area contributed by atoms with Crippen LogP contribution in [0.25, 0.3) is 21.5 Å². The van der Waals surface area contributed by atoms with Crippen LogP contribution in [-0.2, 0) is 6.42 Å². The number of nitrogen functional groups attached to an aromatic ring is 2. The average Bonchev–Trinajstić information content (AvgIpc) is 2.62. The zero-order chi connectivity index (χ0) is 18.1. The van der Waals surface area contributed by atoms with Crippen LogP contribution in [0.3, 0.4) is 0 Å². The highest BCUT2D eigenvalue weighted by Crippen LogP contribution is 2.39. The van der Waals surface area contributed by atoms with E-state index in [2.05, 4.69) is 25.1 Å². The smallest absolute Gasteiger partial charge is 0.143 e. The van der Waals surface area contributed by atoms with Crippen LogP contribution in [0.2, 0.25) is 0 Å². The Morgan fingerprint density at radius 3 is 1.85 bits per heavy atom. The maximum atomic E-state index is 6.34. The van der Waals surface area contributed by atoms with Gasteiger partial charge in [-0.1, -0.05) is 25.5 Å². The first-order chi connectivity index (χ1) is 12.6. The summed E-state index contributed by atoms with van der Waals surface area (Å²) in [4.78, 5) is 0. The molecule has 0 saturated carbocycles. The van der Waals surface area contributed by atoms with Crippen LogP contribution >= 0.6 is 0 Å². The first-order valence-corrected chi connectivity index (χ1v) is 8.92. The van der Waals surface area contributed by atoms with Gasteiger partial charge < -0.3 is 16.2 Å². The Morgan fingerprint density at radius 2 is 1.31 bits per heavy atom. The van der Waals surface area contributed by atoms with Crippen molar-refractivity contribution in [3.8, 4) is 11.5 Å². The summed E-state index contributed by atoms with van der Waals surface area (Å²) in [5, 5.41) is 4.16. The Bertz CT molecular complexity index is 1020. The molecule has 4 rings (SSSR count). The average molecular weight is 342 g/mol. The largest absolute Gasteiger partial charge is 0.456 e. The van der Waals surface area contributed by atoms with Crippen LogP contribution in [0.4, 0.5) is 11.4 Å². The standard InChI is InChI=1S/C23H22N2O/c1-2-3-15-4-8-20(9-5-15)26-23-21-10-6-18(24)13-16(21)12-17-14-19(25)7-11-22(17)23/h4-14H,2-3,24-25H2,1H3. The number of anilines is 2. The van der Waals surface area contributed by atoms with Crippen molar-refractivity contribution in [3.05, 3.63) is 72.3 Å². The van der Waals surface area contributed by atoms with Gasteiger partial charge in [-0.15, -0.1) is 0 Å². The third-order valence-corrected chi connectivity index (χ3v) is 4.63. The van der Waals surface area contributed by atoms with E-state index in [-0.39, 0.29) is 0 Å². The van der Waals surface area contributed by atoms with E-state index in [9.17, 15) is 0 Å². The third kappa shape index (κ3) is 3.04. The number of benzene rings is 4. The number of aryl methyl sites for hydroxylation is 1. The predicted octanol–water partition coefficient (Wildman–Crippen LogP) is 5.90. The molecule has 0 atom stereocenters. The fourth-order valence-corrected chi connectivity index (χ4v) is 3.37. The number of rotatable bonds is 4. The van der Waals surface area contributed by atoms with Crippen molar-refractivity contribution in [3.63, 3.8) is 0 Å². The van der Waals surface area contributed by atoms with Crippen LogP contribution in [0.1, 0.15) is 18.9 Å². The SMILES string of the molecule is CCCc1ccc(Oc2c3ccc(N)cc3cc3cc(N)ccc23)cc1. The zero-order valence-electron chi connectivity index (χ0n) is 14.8. The molecule has 4 aromatic carbocycles. The van der Waals surface area contributed by atoms with Gasteiger partial charge >= 0.3 is 0 Å². The molecule has 0 aliphatic carbocycles. The van der Waals surface area contributed by atoms with Crippen LogP contribution in [0.5, 0.6) is 11.5 Å². The van der Waals surface area contributed by atoms with E-state index in [1.54, 1.807) is 0 Å². The van der Waals surface area contributed by atoms with Crippen LogP contribution in [0, 0.1) is 0 Å². The number of fused-ring (bicyclic) bond motifs is 2. The first-order valence-electron chi connectivity index (χ1n) is 8.92. The second-order valence-corrected chi connectivity index (χ2v) is 6.66. The van der Waals surface area contributed by atoms with Gasteiger partial charge in [-0.3, -0.25) is 0 Å². The van der Waals surface area contributed by atoms with Gasteiger partial charge in [0.25, 0.3) is 0 Å². The van der Waals surface area contributed by atoms with Gasteiger partial charge in [0.2, 0.25) is 0 Å². The highest BCUT2D eigenvalue weighted by atomic mass is 16.5. The summed E-state index contributed by atoms with van der Waals surface area (Å²) in [5.74, 6) is 1.66. The molecule has 4 N–H and O–H groups in total. The summed E-state index contributed by atoms with van der Waals surface area (Å²) >= 11 is 0. The molecule has 0 aromatic heterocycles. The maximum Gasteiger partial charge on any atom is 0.143 e. The van der Waals surface area contributed by atoms with Gasteiger partial charge in [0.1, 0.15) is 11.5 Å². The second-order valence-electron chi connectivity index (χ2n) is 6.66. The van der Waals surface area contributed by atoms with Gasteiger partial charge in [0.05, 0.1) is 0 Å². The molecule has 0 heterocycles. The lowest BCUT2D eigenvalue weighted by Crippen LogP contribution is -1.92. The minimum atomic E-state index is 0.732. The Labute approximate surface area is 153 Å². The molecule has 130 valence electrons. The van der Waals surface area contributed by atoms with Crippen molar-refractivity contribution >= 4 is 32.9 Å². The van der Waals surface area contributed by atoms with E-state index in [0.717, 1.165) is 57.3 Å². The number of nitrogens with two attached hydrogens (primary N) is 2. The predicted molar refractivity (Wildman–Crippen MR) is 111 cm³/mol. The number of ether oxygens (including phenoxy) is 1. The monoisotopic (exact) mass is 342 g/mol. The minimum Gasteiger partial charge on any atom is -0.456 e. The summed E-state index contributed by atoms with van der Waals surface area (Å²) in [7, 11) is 0. The van der Waals surface area contributed by atoms with E-state index >= 15 is 0 Å². The second kappa shape index (κ2) is 6.60. The van der Waals surface area contributed by atoms with Gasteiger partial charge in [0.15, 0.2) is 0 Å². The minimum absolute atomic E-state index is 0.732. The van der Waals surface area contributed by atoms with Crippen molar-refractivity contribution in [2.24, 2.45) is 0 Å². The lowest BCUT2D eigenvalue weighted by Gasteiger charge is -2.14. The van der Waals surface area contributed by atoms with E-state index in [0.29, 0.717) is 0 Å². The van der Waals surface area contributed by atoms with Gasteiger partial charge in [0, 0.05) is 22.1 Å². The normalized spacial score (nSPS) is 11.1. The number of hydrogen-bond acceptors (Lipinski definition) is 3. The van der Waals surface area contributed by atoms with E-state index in [1.165, 1.54) is 5.56 Å². The topological polar surface area (TPSA) is 61.3 Å². The van der Waals surface area contributed by atoms with Crippen molar-refractivity contribution in [2.75, 3.05) is 11.5 Å². The molecular weight excluding hydrogens is 320 g/mol. The summed E-state index contributed by atoms with van der Waals surface area (Å²) in [5.41, 5.74) is 14.7. The van der Waals surface area contributed by atoms with Crippen molar-refractivity contribution in [1.82, 2.24) is 0 Å².